The van der Waals surface area contributed by atoms with Crippen LogP contribution in [0.25, 0.3) is 0 Å². The van der Waals surface area contributed by atoms with E-state index < -0.39 is 0 Å². The summed E-state index contributed by atoms with van der Waals surface area (Å²) in [5.74, 6) is 0.764. The average Bonchev–Trinajstić information content (AvgIpc) is 2.38. The third-order valence-corrected chi connectivity index (χ3v) is 3.30. The molecule has 0 radical (unpaired) electrons. The second-order valence-electron chi connectivity index (χ2n) is 4.39. The van der Waals surface area contributed by atoms with Gasteiger partial charge < -0.3 is 10.6 Å². The van der Waals surface area contributed by atoms with E-state index in [9.17, 15) is 0 Å². The Morgan fingerprint density at radius 1 is 1.47 bits per heavy atom. The van der Waals surface area contributed by atoms with Crippen LogP contribution in [0.3, 0.4) is 0 Å². The molecule has 0 spiro atoms. The van der Waals surface area contributed by atoms with Gasteiger partial charge in [-0.15, -0.1) is 0 Å². The standard InChI is InChI=1S/C12H19N5/c1-2-9-5-3-4-8-17(9)12-10(11(13)14)15-6-7-16-12/h6-7,9H,2-5,8H2,1H3,(H3,13,14). The SMILES string of the molecule is CCC1CCCCN1c1nccnc1C(=N)N. The van der Waals surface area contributed by atoms with Crippen molar-refractivity contribution in [3.8, 4) is 0 Å². The van der Waals surface area contributed by atoms with Crippen LogP contribution in [0.2, 0.25) is 0 Å². The number of amidine groups is 1. The quantitative estimate of drug-likeness (QED) is 0.613. The van der Waals surface area contributed by atoms with Crippen LogP contribution >= 0.6 is 0 Å². The zero-order valence-electron chi connectivity index (χ0n) is 10.2. The summed E-state index contributed by atoms with van der Waals surface area (Å²) in [6.07, 6.45) is 7.97. The van der Waals surface area contributed by atoms with Gasteiger partial charge in [-0.2, -0.15) is 0 Å². The molecule has 0 bridgehead atoms. The lowest BCUT2D eigenvalue weighted by Gasteiger charge is -2.36. The number of nitrogens with one attached hydrogen (secondary N) is 1. The fourth-order valence-electron chi connectivity index (χ4n) is 2.43. The molecule has 92 valence electrons. The molecule has 0 saturated carbocycles. The normalized spacial score (nSPS) is 20.3. The summed E-state index contributed by atoms with van der Waals surface area (Å²) in [6.45, 7) is 3.17. The highest BCUT2D eigenvalue weighted by atomic mass is 15.2. The van der Waals surface area contributed by atoms with Crippen LogP contribution < -0.4 is 10.6 Å². The van der Waals surface area contributed by atoms with E-state index in [1.165, 1.54) is 19.3 Å². The Morgan fingerprint density at radius 3 is 2.94 bits per heavy atom. The fraction of sp³-hybridized carbons (Fsp3) is 0.583. The van der Waals surface area contributed by atoms with Crippen LogP contribution in [0.15, 0.2) is 12.4 Å². The van der Waals surface area contributed by atoms with E-state index in [2.05, 4.69) is 21.8 Å². The first-order valence-electron chi connectivity index (χ1n) is 6.16. The molecule has 0 aliphatic carbocycles. The second-order valence-corrected chi connectivity index (χ2v) is 4.39. The number of nitrogens with two attached hydrogens (primary N) is 1. The molecule has 3 N–H and O–H groups in total. The smallest absolute Gasteiger partial charge is 0.158 e. The van der Waals surface area contributed by atoms with Crippen LogP contribution in [-0.2, 0) is 0 Å². The van der Waals surface area contributed by atoms with Gasteiger partial charge in [0.2, 0.25) is 0 Å². The number of nitrogen functional groups attached to an aromatic ring is 1. The molecule has 1 aromatic rings. The summed E-state index contributed by atoms with van der Waals surface area (Å²) in [5, 5.41) is 7.57. The van der Waals surface area contributed by atoms with Gasteiger partial charge in [-0.3, -0.25) is 5.41 Å². The minimum Gasteiger partial charge on any atom is -0.382 e. The molecule has 0 amide bonds. The monoisotopic (exact) mass is 233 g/mol. The molecule has 1 aromatic heterocycles. The third kappa shape index (κ3) is 2.38. The summed E-state index contributed by atoms with van der Waals surface area (Å²) in [4.78, 5) is 10.8. The van der Waals surface area contributed by atoms with Crippen LogP contribution in [0.1, 0.15) is 38.3 Å². The molecule has 1 atom stereocenters. The van der Waals surface area contributed by atoms with Crippen molar-refractivity contribution in [1.29, 1.82) is 5.41 Å². The largest absolute Gasteiger partial charge is 0.382 e. The first-order valence-corrected chi connectivity index (χ1v) is 6.16. The lowest BCUT2D eigenvalue weighted by molar-refractivity contribution is 0.446. The average molecular weight is 233 g/mol. The maximum atomic E-state index is 7.57. The number of hydrogen-bond acceptors (Lipinski definition) is 4. The molecule has 1 aliphatic heterocycles. The molecule has 1 saturated heterocycles. The molecular formula is C12H19N5. The van der Waals surface area contributed by atoms with E-state index in [0.717, 1.165) is 18.8 Å². The Balaban J connectivity index is 2.34. The highest BCUT2D eigenvalue weighted by Gasteiger charge is 2.25. The second kappa shape index (κ2) is 5.12. The van der Waals surface area contributed by atoms with E-state index in [1.807, 2.05) is 0 Å². The van der Waals surface area contributed by atoms with Crippen molar-refractivity contribution < 1.29 is 0 Å². The van der Waals surface area contributed by atoms with Gasteiger partial charge in [0.1, 0.15) is 11.5 Å². The van der Waals surface area contributed by atoms with Crippen molar-refractivity contribution in [3.63, 3.8) is 0 Å². The first kappa shape index (κ1) is 11.8. The highest BCUT2D eigenvalue weighted by Crippen LogP contribution is 2.26. The van der Waals surface area contributed by atoms with Gasteiger partial charge in [0.15, 0.2) is 5.82 Å². The van der Waals surface area contributed by atoms with Gasteiger partial charge in [-0.05, 0) is 25.7 Å². The molecule has 5 nitrogen and oxygen atoms in total. The zero-order valence-corrected chi connectivity index (χ0v) is 10.2. The van der Waals surface area contributed by atoms with Crippen LogP contribution in [0.5, 0.6) is 0 Å². The van der Waals surface area contributed by atoms with Crippen LogP contribution in [0.4, 0.5) is 5.82 Å². The van der Waals surface area contributed by atoms with Crippen molar-refractivity contribution >= 4 is 11.7 Å². The molecule has 17 heavy (non-hydrogen) atoms. The molecule has 2 heterocycles. The van der Waals surface area contributed by atoms with E-state index in [-0.39, 0.29) is 5.84 Å². The van der Waals surface area contributed by atoms with E-state index in [0.29, 0.717) is 11.7 Å². The molecule has 1 unspecified atom stereocenters. The topological polar surface area (TPSA) is 78.9 Å². The number of anilines is 1. The maximum Gasteiger partial charge on any atom is 0.158 e. The number of aromatic nitrogens is 2. The van der Waals surface area contributed by atoms with Gasteiger partial charge in [0.25, 0.3) is 0 Å². The lowest BCUT2D eigenvalue weighted by atomic mass is 10.00. The van der Waals surface area contributed by atoms with Gasteiger partial charge in [0.05, 0.1) is 0 Å². The summed E-state index contributed by atoms with van der Waals surface area (Å²) in [5.41, 5.74) is 6.07. The number of piperidine rings is 1. The summed E-state index contributed by atoms with van der Waals surface area (Å²) < 4.78 is 0. The van der Waals surface area contributed by atoms with Crippen LogP contribution in [-0.4, -0.2) is 28.4 Å². The number of hydrogen-bond donors (Lipinski definition) is 2. The Bertz CT molecular complexity index is 404. The predicted molar refractivity (Wildman–Crippen MR) is 68.3 cm³/mol. The van der Waals surface area contributed by atoms with Crippen LogP contribution in [0, 0.1) is 5.41 Å². The Hall–Kier alpha value is -1.65. The third-order valence-electron chi connectivity index (χ3n) is 3.30. The summed E-state index contributed by atoms with van der Waals surface area (Å²) in [6, 6.07) is 0.499. The maximum absolute atomic E-state index is 7.57. The van der Waals surface area contributed by atoms with E-state index in [1.54, 1.807) is 12.4 Å². The predicted octanol–water partition coefficient (Wildman–Crippen LogP) is 1.53. The fourth-order valence-corrected chi connectivity index (χ4v) is 2.43. The van der Waals surface area contributed by atoms with Crippen molar-refractivity contribution in [2.45, 2.75) is 38.6 Å². The number of nitrogens with zero attached hydrogens (tertiary/aromatic N) is 3. The Labute approximate surface area is 102 Å². The first-order chi connectivity index (χ1) is 8.24. The van der Waals surface area contributed by atoms with Crippen molar-refractivity contribution in [1.82, 2.24) is 9.97 Å². The minimum atomic E-state index is -0.00599. The van der Waals surface area contributed by atoms with Gasteiger partial charge >= 0.3 is 0 Å². The lowest BCUT2D eigenvalue weighted by Crippen LogP contribution is -2.41. The van der Waals surface area contributed by atoms with E-state index in [4.69, 9.17) is 11.1 Å². The molecule has 5 heteroatoms. The molecule has 0 aromatic carbocycles. The van der Waals surface area contributed by atoms with Gasteiger partial charge in [-0.1, -0.05) is 6.92 Å². The molecule has 1 fully saturated rings. The van der Waals surface area contributed by atoms with Crippen molar-refractivity contribution in [2.24, 2.45) is 5.73 Å². The zero-order chi connectivity index (χ0) is 12.3. The highest BCUT2D eigenvalue weighted by molar-refractivity contribution is 5.97. The van der Waals surface area contributed by atoms with Gasteiger partial charge in [0, 0.05) is 25.0 Å². The molecular weight excluding hydrogens is 214 g/mol. The van der Waals surface area contributed by atoms with Crippen molar-refractivity contribution in [3.05, 3.63) is 18.1 Å². The Kier molecular flexibility index (Phi) is 3.56. The molecule has 2 rings (SSSR count). The summed E-state index contributed by atoms with van der Waals surface area (Å²) in [7, 11) is 0. The number of rotatable bonds is 3. The van der Waals surface area contributed by atoms with Gasteiger partial charge in [-0.25, -0.2) is 9.97 Å². The molecule has 1 aliphatic rings. The summed E-state index contributed by atoms with van der Waals surface area (Å²) >= 11 is 0. The minimum absolute atomic E-state index is 0.00599. The Morgan fingerprint density at radius 2 is 2.24 bits per heavy atom. The van der Waals surface area contributed by atoms with Crippen molar-refractivity contribution in [2.75, 3.05) is 11.4 Å². The van der Waals surface area contributed by atoms with E-state index >= 15 is 0 Å².